The highest BCUT2D eigenvalue weighted by Gasteiger charge is 2.27. The molecule has 1 aromatic carbocycles. The third-order valence-electron chi connectivity index (χ3n) is 4.73. The molecule has 0 aliphatic carbocycles. The molecule has 0 saturated heterocycles. The van der Waals surface area contributed by atoms with Gasteiger partial charge in [0.15, 0.2) is 5.78 Å². The highest BCUT2D eigenvalue weighted by atomic mass is 127. The molecule has 152 valence electrons. The van der Waals surface area contributed by atoms with Crippen LogP contribution in [0, 0.1) is 10.5 Å². The smallest absolute Gasteiger partial charge is 0.347 e. The molecule has 0 spiro atoms. The van der Waals surface area contributed by atoms with Gasteiger partial charge >= 0.3 is 5.63 Å². The topological polar surface area (TPSA) is 67.5 Å². The maximum atomic E-state index is 12.7. The van der Waals surface area contributed by atoms with Gasteiger partial charge in [0, 0.05) is 9.99 Å². The van der Waals surface area contributed by atoms with E-state index in [2.05, 4.69) is 41.5 Å². The molecular formula is C23H29IO4. The van der Waals surface area contributed by atoms with Gasteiger partial charge in [-0.3, -0.25) is 4.79 Å². The van der Waals surface area contributed by atoms with Crippen LogP contribution in [0.15, 0.2) is 27.4 Å². The van der Waals surface area contributed by atoms with Crippen molar-refractivity contribution in [3.63, 3.8) is 0 Å². The van der Waals surface area contributed by atoms with Crippen LogP contribution >= 0.6 is 22.6 Å². The maximum absolute atomic E-state index is 12.7. The van der Waals surface area contributed by atoms with Crippen LogP contribution in [0.2, 0.25) is 0 Å². The van der Waals surface area contributed by atoms with Crippen molar-refractivity contribution in [2.75, 3.05) is 0 Å². The SMILES string of the molecule is Cc1cc(I)c(C(=O)CCc2cc(C(C)(C)C)c(O)c(C(C)(C)C)c2)c(=O)o1. The highest BCUT2D eigenvalue weighted by molar-refractivity contribution is 14.1. The molecule has 0 amide bonds. The van der Waals surface area contributed by atoms with Crippen LogP contribution in [0.1, 0.15) is 80.8 Å². The molecule has 0 aliphatic rings. The quantitative estimate of drug-likeness (QED) is 0.438. The molecule has 0 saturated carbocycles. The van der Waals surface area contributed by atoms with Crippen LogP contribution in [0.25, 0.3) is 0 Å². The first-order valence-electron chi connectivity index (χ1n) is 9.42. The van der Waals surface area contributed by atoms with Crippen LogP contribution in [-0.2, 0) is 17.3 Å². The average Bonchev–Trinajstić information content (AvgIpc) is 2.50. The Hall–Kier alpha value is -1.63. The van der Waals surface area contributed by atoms with Gasteiger partial charge in [-0.25, -0.2) is 4.79 Å². The fourth-order valence-corrected chi connectivity index (χ4v) is 4.15. The molecule has 1 heterocycles. The molecule has 5 heteroatoms. The van der Waals surface area contributed by atoms with Gasteiger partial charge < -0.3 is 9.52 Å². The predicted octanol–water partition coefficient (Wildman–Crippen LogP) is 5.67. The first-order valence-corrected chi connectivity index (χ1v) is 10.5. The number of hydrogen-bond acceptors (Lipinski definition) is 4. The first-order chi connectivity index (χ1) is 12.7. The third-order valence-corrected chi connectivity index (χ3v) is 5.58. The molecule has 0 fully saturated rings. The second kappa shape index (κ2) is 8.01. The van der Waals surface area contributed by atoms with Crippen molar-refractivity contribution >= 4 is 28.4 Å². The van der Waals surface area contributed by atoms with E-state index in [1.165, 1.54) is 0 Å². The van der Waals surface area contributed by atoms with Crippen molar-refractivity contribution in [1.82, 2.24) is 0 Å². The number of carbonyl (C=O) groups is 1. The number of Topliss-reactive ketones (excluding diaryl/α,β-unsaturated/α-hetero) is 1. The Labute approximate surface area is 180 Å². The molecule has 1 N–H and O–H groups in total. The molecule has 0 unspecified atom stereocenters. The van der Waals surface area contributed by atoms with Crippen molar-refractivity contribution in [2.24, 2.45) is 0 Å². The minimum absolute atomic E-state index is 0.122. The van der Waals surface area contributed by atoms with Gasteiger partial charge in [-0.2, -0.15) is 0 Å². The van der Waals surface area contributed by atoms with E-state index < -0.39 is 5.63 Å². The highest BCUT2D eigenvalue weighted by Crippen LogP contribution is 2.40. The minimum atomic E-state index is -0.578. The molecule has 2 rings (SSSR count). The van der Waals surface area contributed by atoms with Crippen LogP contribution in [0.3, 0.4) is 0 Å². The number of carbonyl (C=O) groups excluding carboxylic acids is 1. The molecule has 0 atom stereocenters. The number of phenols is 1. The lowest BCUT2D eigenvalue weighted by molar-refractivity contribution is 0.0977. The Bertz CT molecular complexity index is 921. The Morgan fingerprint density at radius 2 is 1.54 bits per heavy atom. The summed E-state index contributed by atoms with van der Waals surface area (Å²) in [6.07, 6.45) is 0.705. The Balaban J connectivity index is 2.39. The van der Waals surface area contributed by atoms with E-state index in [-0.39, 0.29) is 28.6 Å². The number of ketones is 1. The summed E-state index contributed by atoms with van der Waals surface area (Å²) in [7, 11) is 0. The van der Waals surface area contributed by atoms with Gasteiger partial charge in [-0.05, 0) is 69.5 Å². The van der Waals surface area contributed by atoms with Gasteiger partial charge in [0.25, 0.3) is 0 Å². The minimum Gasteiger partial charge on any atom is -0.507 e. The van der Waals surface area contributed by atoms with Gasteiger partial charge in [0.1, 0.15) is 17.1 Å². The zero-order chi connectivity index (χ0) is 21.4. The van der Waals surface area contributed by atoms with Crippen LogP contribution < -0.4 is 5.63 Å². The van der Waals surface area contributed by atoms with Crippen LogP contribution in [-0.4, -0.2) is 10.9 Å². The van der Waals surface area contributed by atoms with E-state index in [1.807, 2.05) is 34.7 Å². The van der Waals surface area contributed by atoms with Crippen LogP contribution in [0.4, 0.5) is 0 Å². The fourth-order valence-electron chi connectivity index (χ4n) is 3.19. The van der Waals surface area contributed by atoms with Crippen molar-refractivity contribution < 1.29 is 14.3 Å². The lowest BCUT2D eigenvalue weighted by Gasteiger charge is -2.28. The van der Waals surface area contributed by atoms with Gasteiger partial charge in [0.05, 0.1) is 0 Å². The predicted molar refractivity (Wildman–Crippen MR) is 121 cm³/mol. The molecule has 0 bridgehead atoms. The van der Waals surface area contributed by atoms with E-state index in [9.17, 15) is 14.7 Å². The van der Waals surface area contributed by atoms with Crippen LogP contribution in [0.5, 0.6) is 5.75 Å². The standard InChI is InChI=1S/C23H29IO4/c1-13-10-17(24)19(21(27)28-13)18(25)9-8-14-11-15(22(2,3)4)20(26)16(12-14)23(5,6)7/h10-12,26H,8-9H2,1-7H3. The summed E-state index contributed by atoms with van der Waals surface area (Å²) in [6.45, 7) is 14.0. The van der Waals surface area contributed by atoms with E-state index >= 15 is 0 Å². The molecule has 0 aliphatic heterocycles. The number of benzene rings is 1. The zero-order valence-electron chi connectivity index (χ0n) is 17.7. The van der Waals surface area contributed by atoms with Crippen molar-refractivity contribution in [1.29, 1.82) is 0 Å². The lowest BCUT2D eigenvalue weighted by atomic mass is 9.78. The third kappa shape index (κ3) is 5.04. The Morgan fingerprint density at radius 3 is 1.96 bits per heavy atom. The summed E-state index contributed by atoms with van der Waals surface area (Å²) in [5.41, 5.74) is 1.81. The first kappa shape index (κ1) is 22.7. The van der Waals surface area contributed by atoms with Crippen molar-refractivity contribution in [3.8, 4) is 5.75 Å². The summed E-state index contributed by atoms with van der Waals surface area (Å²) in [5.74, 6) is 0.596. The van der Waals surface area contributed by atoms with Crippen molar-refractivity contribution in [3.05, 3.63) is 60.2 Å². The maximum Gasteiger partial charge on any atom is 0.347 e. The number of rotatable bonds is 4. The normalized spacial score (nSPS) is 12.3. The molecule has 1 aromatic heterocycles. The van der Waals surface area contributed by atoms with E-state index in [1.54, 1.807) is 13.0 Å². The van der Waals surface area contributed by atoms with E-state index in [0.717, 1.165) is 16.7 Å². The molecule has 0 radical (unpaired) electrons. The number of aryl methyl sites for hydroxylation is 2. The number of halogens is 1. The summed E-state index contributed by atoms with van der Waals surface area (Å²) >= 11 is 2.00. The summed E-state index contributed by atoms with van der Waals surface area (Å²) < 4.78 is 5.71. The second-order valence-electron chi connectivity index (χ2n) is 9.33. The molecule has 2 aromatic rings. The molecule has 4 nitrogen and oxygen atoms in total. The van der Waals surface area contributed by atoms with E-state index in [0.29, 0.717) is 21.5 Å². The second-order valence-corrected chi connectivity index (χ2v) is 10.5. The van der Waals surface area contributed by atoms with E-state index in [4.69, 9.17) is 4.42 Å². The largest absolute Gasteiger partial charge is 0.507 e. The van der Waals surface area contributed by atoms with Crippen molar-refractivity contribution in [2.45, 2.75) is 72.1 Å². The average molecular weight is 496 g/mol. The zero-order valence-corrected chi connectivity index (χ0v) is 19.9. The van der Waals surface area contributed by atoms with Gasteiger partial charge in [0.2, 0.25) is 0 Å². The Kier molecular flexibility index (Phi) is 6.48. The lowest BCUT2D eigenvalue weighted by Crippen LogP contribution is -2.19. The number of hydrogen-bond donors (Lipinski definition) is 1. The summed E-state index contributed by atoms with van der Waals surface area (Å²) in [6, 6.07) is 5.64. The monoisotopic (exact) mass is 496 g/mol. The summed E-state index contributed by atoms with van der Waals surface area (Å²) in [5, 5.41) is 10.8. The molecular weight excluding hydrogens is 467 g/mol. The fraction of sp³-hybridized carbons (Fsp3) is 0.478. The van der Waals surface area contributed by atoms with Gasteiger partial charge in [-0.15, -0.1) is 0 Å². The van der Waals surface area contributed by atoms with Gasteiger partial charge in [-0.1, -0.05) is 53.7 Å². The number of phenolic OH excluding ortho intramolecular Hbond substituents is 1. The summed E-state index contributed by atoms with van der Waals surface area (Å²) in [4.78, 5) is 24.8. The molecule has 28 heavy (non-hydrogen) atoms. The Morgan fingerprint density at radius 1 is 1.04 bits per heavy atom. The number of aromatic hydroxyl groups is 1.